The zero-order valence-corrected chi connectivity index (χ0v) is 16.6. The van der Waals surface area contributed by atoms with Gasteiger partial charge in [-0.2, -0.15) is 0 Å². The smallest absolute Gasteiger partial charge is 0.354 e. The molecule has 2 aromatic heterocycles. The maximum Gasteiger partial charge on any atom is 0.354 e. The van der Waals surface area contributed by atoms with Gasteiger partial charge in [-0.1, -0.05) is 6.92 Å². The first kappa shape index (κ1) is 18.9. The van der Waals surface area contributed by atoms with Crippen LogP contribution in [-0.4, -0.2) is 37.7 Å². The van der Waals surface area contributed by atoms with Crippen LogP contribution in [0.1, 0.15) is 53.1 Å². The van der Waals surface area contributed by atoms with Crippen LogP contribution in [0.25, 0.3) is 5.69 Å². The number of methoxy groups -OCH3 is 1. The largest absolute Gasteiger partial charge is 0.494 e. The van der Waals surface area contributed by atoms with Crippen LogP contribution in [0.15, 0.2) is 30.7 Å². The fraction of sp³-hybridized carbons (Fsp3) is 0.333. The molecule has 1 aliphatic rings. The predicted molar refractivity (Wildman–Crippen MR) is 108 cm³/mol. The SMILES string of the molecule is CCc1c(C(=O)O)nc(Nc2ccc(-n3cnc(C)c3)c(OC)c2)nc1C1CC1. The van der Waals surface area contributed by atoms with E-state index in [4.69, 9.17) is 4.74 Å². The molecule has 0 unspecified atom stereocenters. The average Bonchev–Trinajstić information content (AvgIpc) is 3.48. The van der Waals surface area contributed by atoms with Gasteiger partial charge < -0.3 is 19.7 Å². The lowest BCUT2D eigenvalue weighted by atomic mass is 10.1. The van der Waals surface area contributed by atoms with E-state index in [-0.39, 0.29) is 11.6 Å². The minimum Gasteiger partial charge on any atom is -0.494 e. The molecule has 29 heavy (non-hydrogen) atoms. The van der Waals surface area contributed by atoms with Crippen LogP contribution in [0.4, 0.5) is 11.6 Å². The number of carboxylic acids is 1. The summed E-state index contributed by atoms with van der Waals surface area (Å²) in [6, 6.07) is 5.61. The van der Waals surface area contributed by atoms with Crippen molar-refractivity contribution in [3.63, 3.8) is 0 Å². The number of nitrogens with zero attached hydrogens (tertiary/aromatic N) is 4. The van der Waals surface area contributed by atoms with Crippen molar-refractivity contribution in [2.24, 2.45) is 0 Å². The number of ether oxygens (including phenoxy) is 1. The lowest BCUT2D eigenvalue weighted by molar-refractivity contribution is 0.0689. The van der Waals surface area contributed by atoms with E-state index < -0.39 is 5.97 Å². The maximum atomic E-state index is 11.7. The normalized spacial score (nSPS) is 13.3. The Morgan fingerprint density at radius 3 is 2.72 bits per heavy atom. The van der Waals surface area contributed by atoms with Crippen molar-refractivity contribution in [3.8, 4) is 11.4 Å². The van der Waals surface area contributed by atoms with E-state index in [0.29, 0.717) is 23.8 Å². The summed E-state index contributed by atoms with van der Waals surface area (Å²) in [5, 5.41) is 12.8. The molecule has 0 atom stereocenters. The summed E-state index contributed by atoms with van der Waals surface area (Å²) in [5.41, 5.74) is 4.13. The van der Waals surface area contributed by atoms with Crippen LogP contribution in [-0.2, 0) is 6.42 Å². The highest BCUT2D eigenvalue weighted by molar-refractivity contribution is 5.88. The molecule has 0 saturated heterocycles. The highest BCUT2D eigenvalue weighted by Gasteiger charge is 2.31. The third-order valence-corrected chi connectivity index (χ3v) is 4.98. The van der Waals surface area contributed by atoms with Gasteiger partial charge in [-0.25, -0.2) is 19.7 Å². The molecular formula is C21H23N5O3. The van der Waals surface area contributed by atoms with Gasteiger partial charge in [-0.15, -0.1) is 0 Å². The number of anilines is 2. The Kier molecular flexibility index (Phi) is 4.92. The fourth-order valence-electron chi connectivity index (χ4n) is 3.43. The van der Waals surface area contributed by atoms with Gasteiger partial charge in [-0.05, 0) is 38.3 Å². The molecule has 0 amide bonds. The molecule has 2 N–H and O–H groups in total. The number of aromatic carboxylic acids is 1. The second kappa shape index (κ2) is 7.54. The number of benzene rings is 1. The van der Waals surface area contributed by atoms with Gasteiger partial charge in [0.25, 0.3) is 0 Å². The van der Waals surface area contributed by atoms with Crippen LogP contribution in [0.3, 0.4) is 0 Å². The quantitative estimate of drug-likeness (QED) is 0.628. The maximum absolute atomic E-state index is 11.7. The number of carboxylic acid groups (broad SMARTS) is 1. The van der Waals surface area contributed by atoms with Crippen molar-refractivity contribution in [2.45, 2.75) is 39.0 Å². The van der Waals surface area contributed by atoms with Crippen LogP contribution in [0.2, 0.25) is 0 Å². The molecule has 3 aromatic rings. The van der Waals surface area contributed by atoms with Crippen LogP contribution in [0.5, 0.6) is 5.75 Å². The molecule has 0 radical (unpaired) electrons. The summed E-state index contributed by atoms with van der Waals surface area (Å²) in [6.45, 7) is 3.86. The Morgan fingerprint density at radius 1 is 1.34 bits per heavy atom. The van der Waals surface area contributed by atoms with Crippen molar-refractivity contribution in [1.82, 2.24) is 19.5 Å². The Balaban J connectivity index is 1.69. The second-order valence-corrected chi connectivity index (χ2v) is 7.13. The molecule has 0 spiro atoms. The first-order chi connectivity index (χ1) is 14.0. The third-order valence-electron chi connectivity index (χ3n) is 4.98. The van der Waals surface area contributed by atoms with Crippen molar-refractivity contribution in [1.29, 1.82) is 0 Å². The molecule has 1 aliphatic carbocycles. The zero-order valence-electron chi connectivity index (χ0n) is 16.6. The minimum absolute atomic E-state index is 0.0735. The van der Waals surface area contributed by atoms with Crippen molar-refractivity contribution in [3.05, 3.63) is 53.4 Å². The number of aryl methyl sites for hydroxylation is 1. The molecule has 8 heteroatoms. The number of hydrogen-bond donors (Lipinski definition) is 2. The summed E-state index contributed by atoms with van der Waals surface area (Å²) in [7, 11) is 1.60. The highest BCUT2D eigenvalue weighted by Crippen LogP contribution is 2.42. The minimum atomic E-state index is -1.03. The molecule has 8 nitrogen and oxygen atoms in total. The van der Waals surface area contributed by atoms with E-state index >= 15 is 0 Å². The standard InChI is InChI=1S/C21H23N5O3/c1-4-15-18(13-5-6-13)24-21(25-19(15)20(27)28)23-14-7-8-16(17(9-14)29-3)26-10-12(2)22-11-26/h7-11,13H,4-6H2,1-3H3,(H,27,28)(H,23,24,25). The lowest BCUT2D eigenvalue weighted by Crippen LogP contribution is -2.13. The van der Waals surface area contributed by atoms with Gasteiger partial charge in [0, 0.05) is 29.4 Å². The van der Waals surface area contributed by atoms with Gasteiger partial charge in [0.2, 0.25) is 5.95 Å². The molecule has 4 rings (SSSR count). The van der Waals surface area contributed by atoms with Gasteiger partial charge in [0.05, 0.1) is 30.5 Å². The number of imidazole rings is 1. The number of hydrogen-bond acceptors (Lipinski definition) is 6. The van der Waals surface area contributed by atoms with Crippen molar-refractivity contribution >= 4 is 17.6 Å². The lowest BCUT2D eigenvalue weighted by Gasteiger charge is -2.14. The summed E-state index contributed by atoms with van der Waals surface area (Å²) >= 11 is 0. The zero-order chi connectivity index (χ0) is 20.5. The van der Waals surface area contributed by atoms with Crippen molar-refractivity contribution < 1.29 is 14.6 Å². The van der Waals surface area contributed by atoms with Crippen LogP contribution < -0.4 is 10.1 Å². The van der Waals surface area contributed by atoms with E-state index in [9.17, 15) is 9.90 Å². The fourth-order valence-corrected chi connectivity index (χ4v) is 3.43. The van der Waals surface area contributed by atoms with E-state index in [1.165, 1.54) is 0 Å². The van der Waals surface area contributed by atoms with Gasteiger partial charge in [0.1, 0.15) is 5.75 Å². The first-order valence-corrected chi connectivity index (χ1v) is 9.60. The molecule has 0 aliphatic heterocycles. The molecule has 1 aromatic carbocycles. The van der Waals surface area contributed by atoms with Crippen LogP contribution in [0, 0.1) is 6.92 Å². The molecule has 0 bridgehead atoms. The Labute approximate surface area is 168 Å². The number of rotatable bonds is 7. The van der Waals surface area contributed by atoms with Gasteiger partial charge >= 0.3 is 5.97 Å². The summed E-state index contributed by atoms with van der Waals surface area (Å²) in [5.74, 6) is 0.235. The number of carbonyl (C=O) groups is 1. The Hall–Kier alpha value is -3.42. The van der Waals surface area contributed by atoms with Gasteiger partial charge in [0.15, 0.2) is 5.69 Å². The summed E-state index contributed by atoms with van der Waals surface area (Å²) in [6.07, 6.45) is 6.32. The predicted octanol–water partition coefficient (Wildman–Crippen LogP) is 3.86. The molecule has 150 valence electrons. The van der Waals surface area contributed by atoms with E-state index in [2.05, 4.69) is 20.3 Å². The highest BCUT2D eigenvalue weighted by atomic mass is 16.5. The van der Waals surface area contributed by atoms with Crippen molar-refractivity contribution in [2.75, 3.05) is 12.4 Å². The monoisotopic (exact) mass is 393 g/mol. The van der Waals surface area contributed by atoms with Gasteiger partial charge in [-0.3, -0.25) is 0 Å². The molecule has 1 saturated carbocycles. The topological polar surface area (TPSA) is 102 Å². The molecule has 2 heterocycles. The third kappa shape index (κ3) is 3.78. The molecular weight excluding hydrogens is 370 g/mol. The second-order valence-electron chi connectivity index (χ2n) is 7.13. The van der Waals surface area contributed by atoms with E-state index in [0.717, 1.165) is 35.5 Å². The van der Waals surface area contributed by atoms with Crippen LogP contribution >= 0.6 is 0 Å². The van der Waals surface area contributed by atoms with E-state index in [1.807, 2.05) is 42.8 Å². The summed E-state index contributed by atoms with van der Waals surface area (Å²) in [4.78, 5) is 24.9. The Bertz CT molecular complexity index is 1070. The first-order valence-electron chi connectivity index (χ1n) is 9.60. The number of nitrogens with one attached hydrogen (secondary N) is 1. The van der Waals surface area contributed by atoms with E-state index in [1.54, 1.807) is 13.4 Å². The number of aromatic nitrogens is 4. The summed E-state index contributed by atoms with van der Waals surface area (Å²) < 4.78 is 7.42. The molecule has 1 fully saturated rings. The average molecular weight is 393 g/mol. The Morgan fingerprint density at radius 2 is 2.14 bits per heavy atom.